The van der Waals surface area contributed by atoms with E-state index in [4.69, 9.17) is 18.9 Å². The van der Waals surface area contributed by atoms with Gasteiger partial charge in [-0.3, -0.25) is 9.59 Å². The Bertz CT molecular complexity index is 1320. The van der Waals surface area contributed by atoms with Crippen LogP contribution in [-0.2, 0) is 51.3 Å². The van der Waals surface area contributed by atoms with Gasteiger partial charge >= 0.3 is 60.8 Å². The van der Waals surface area contributed by atoms with Crippen molar-refractivity contribution in [3.63, 3.8) is 0 Å². The Labute approximate surface area is 434 Å². The van der Waals surface area contributed by atoms with Gasteiger partial charge in [0, 0.05) is 25.8 Å². The zero-order valence-corrected chi connectivity index (χ0v) is 45.5. The topological polar surface area (TPSA) is 151 Å². The molecule has 0 spiro atoms. The normalized spacial score (nSPS) is 12.7. The van der Waals surface area contributed by atoms with Crippen molar-refractivity contribution in [2.75, 3.05) is 0 Å². The molecule has 0 amide bonds. The summed E-state index contributed by atoms with van der Waals surface area (Å²) in [6.45, 7) is 8.32. The van der Waals surface area contributed by atoms with E-state index in [2.05, 4.69) is 38.1 Å². The van der Waals surface area contributed by atoms with Crippen molar-refractivity contribution in [3.05, 3.63) is 71.8 Å². The number of carboxylic acid groups (broad SMARTS) is 2. The minimum Gasteiger partial charge on any atom is -0.550 e. The van der Waals surface area contributed by atoms with E-state index in [-0.39, 0.29) is 98.1 Å². The molecule has 10 nitrogen and oxygen atoms in total. The zero-order chi connectivity index (χ0) is 46.9. The van der Waals surface area contributed by atoms with E-state index in [0.717, 1.165) is 127 Å². The minimum absolute atomic E-state index is 0. The summed E-state index contributed by atoms with van der Waals surface area (Å²) in [4.78, 5) is 44.1. The van der Waals surface area contributed by atoms with Gasteiger partial charge in [0.2, 0.25) is 0 Å². The maximum atomic E-state index is 11.7. The van der Waals surface area contributed by atoms with Gasteiger partial charge in [-0.15, -0.1) is 0 Å². The first kappa shape index (κ1) is 62.8. The van der Waals surface area contributed by atoms with Gasteiger partial charge in [0.25, 0.3) is 0 Å². The second kappa shape index (κ2) is 44.3. The predicted molar refractivity (Wildman–Crippen MR) is 258 cm³/mol. The van der Waals surface area contributed by atoms with Crippen molar-refractivity contribution in [3.8, 4) is 0 Å². The van der Waals surface area contributed by atoms with E-state index in [1.807, 2.05) is 36.4 Å². The molecular weight excluding hydrogens is 946 g/mol. The SMILES string of the molecule is CCCCC(OC(C)=O)C(CCCCCCCCCCCC(=O)[O-])OCc1ccccc1.CCCCC(OC(C)=O)C(CCCCCCCCCCCC(=O)[O-])OCc1ccccc1.[Ba+2]. The van der Waals surface area contributed by atoms with E-state index in [1.54, 1.807) is 0 Å². The average Bonchev–Trinajstić information content (AvgIpc) is 3.27. The molecule has 11 heteroatoms. The minimum atomic E-state index is -0.943. The Morgan fingerprint density at radius 2 is 0.692 bits per heavy atom. The largest absolute Gasteiger partial charge is 2.00 e. The summed E-state index contributed by atoms with van der Waals surface area (Å²) in [5.74, 6) is -2.36. The first-order chi connectivity index (χ1) is 31.0. The third-order valence-electron chi connectivity index (χ3n) is 11.5. The fourth-order valence-corrected chi connectivity index (χ4v) is 7.89. The molecule has 0 saturated heterocycles. The van der Waals surface area contributed by atoms with Crippen molar-refractivity contribution in [1.29, 1.82) is 0 Å². The zero-order valence-electron chi connectivity index (χ0n) is 41.1. The van der Waals surface area contributed by atoms with Crippen LogP contribution in [0, 0.1) is 0 Å². The predicted octanol–water partition coefficient (Wildman–Crippen LogP) is 11.1. The molecule has 2 rings (SSSR count). The Morgan fingerprint density at radius 1 is 0.415 bits per heavy atom. The number of hydrogen-bond donors (Lipinski definition) is 0. The second-order valence-corrected chi connectivity index (χ2v) is 17.4. The molecule has 0 N–H and O–H groups in total. The molecule has 0 radical (unpaired) electrons. The summed E-state index contributed by atoms with van der Waals surface area (Å²) in [6.07, 6.45) is 27.1. The number of esters is 2. The van der Waals surface area contributed by atoms with Crippen LogP contribution in [0.5, 0.6) is 0 Å². The van der Waals surface area contributed by atoms with Gasteiger partial charge in [-0.25, -0.2) is 0 Å². The van der Waals surface area contributed by atoms with E-state index in [9.17, 15) is 29.4 Å². The molecule has 0 aromatic heterocycles. The van der Waals surface area contributed by atoms with Gasteiger partial charge in [-0.1, -0.05) is 190 Å². The summed E-state index contributed by atoms with van der Waals surface area (Å²) >= 11 is 0. The van der Waals surface area contributed by atoms with Crippen LogP contribution in [0.1, 0.15) is 219 Å². The number of aliphatic carboxylic acids is 2. The summed E-state index contributed by atoms with van der Waals surface area (Å²) in [6, 6.07) is 20.3. The van der Waals surface area contributed by atoms with Crippen LogP contribution >= 0.6 is 0 Å². The Hall–Kier alpha value is -2.19. The Morgan fingerprint density at radius 3 is 0.969 bits per heavy atom. The Balaban J connectivity index is 0.00000124. The molecule has 0 fully saturated rings. The van der Waals surface area contributed by atoms with Crippen molar-refractivity contribution in [2.45, 2.75) is 245 Å². The molecular formula is C54H86BaO10. The maximum Gasteiger partial charge on any atom is 2.00 e. The smallest absolute Gasteiger partial charge is 0.550 e. The van der Waals surface area contributed by atoms with E-state index >= 15 is 0 Å². The van der Waals surface area contributed by atoms with Crippen LogP contribution in [0.15, 0.2) is 60.7 Å². The number of benzene rings is 2. The monoisotopic (exact) mass is 1030 g/mol. The molecule has 0 aliphatic carbocycles. The number of ether oxygens (including phenoxy) is 4. The van der Waals surface area contributed by atoms with Gasteiger partial charge in [0.15, 0.2) is 0 Å². The number of carbonyl (C=O) groups excluding carboxylic acids is 4. The van der Waals surface area contributed by atoms with Crippen molar-refractivity contribution in [1.82, 2.24) is 0 Å². The molecule has 0 saturated carbocycles. The Kier molecular flexibility index (Phi) is 42.8. The van der Waals surface area contributed by atoms with E-state index in [0.29, 0.717) is 13.2 Å². The van der Waals surface area contributed by atoms with Crippen molar-refractivity contribution in [2.24, 2.45) is 0 Å². The summed E-state index contributed by atoms with van der Waals surface area (Å²) in [5, 5.41) is 20.8. The number of unbranched alkanes of at least 4 members (excludes halogenated alkanes) is 18. The third kappa shape index (κ3) is 38.5. The van der Waals surface area contributed by atoms with Crippen LogP contribution < -0.4 is 10.2 Å². The summed E-state index contributed by atoms with van der Waals surface area (Å²) in [7, 11) is 0. The van der Waals surface area contributed by atoms with E-state index in [1.165, 1.54) is 65.2 Å². The van der Waals surface area contributed by atoms with Crippen molar-refractivity contribution >= 4 is 72.8 Å². The number of hydrogen-bond acceptors (Lipinski definition) is 10. The third-order valence-corrected chi connectivity index (χ3v) is 11.5. The van der Waals surface area contributed by atoms with Crippen molar-refractivity contribution < 1.29 is 48.3 Å². The fourth-order valence-electron chi connectivity index (χ4n) is 7.89. The first-order valence-electron chi connectivity index (χ1n) is 25.1. The molecule has 0 bridgehead atoms. The quantitative estimate of drug-likeness (QED) is 0.0358. The molecule has 0 heterocycles. The fraction of sp³-hybridized carbons (Fsp3) is 0.704. The van der Waals surface area contributed by atoms with Crippen LogP contribution in [-0.4, -0.2) is 97.2 Å². The number of carbonyl (C=O) groups is 4. The van der Waals surface area contributed by atoms with Crippen LogP contribution in [0.25, 0.3) is 0 Å². The summed E-state index contributed by atoms with van der Waals surface area (Å²) in [5.41, 5.74) is 2.27. The van der Waals surface area contributed by atoms with Gasteiger partial charge in [0.1, 0.15) is 12.2 Å². The number of rotatable bonds is 40. The van der Waals surface area contributed by atoms with Gasteiger partial charge < -0.3 is 38.7 Å². The molecule has 364 valence electrons. The standard InChI is InChI=1S/2C27H44O5.Ba/c2*1-3-4-19-26(32-23(2)28)25(31-22-24-17-13-12-14-18-24)20-15-10-8-6-5-7-9-11-16-21-27(29)30;/h2*12-14,17-18,25-26H,3-11,15-16,19-22H2,1-2H3,(H,29,30);/q;;+2/p-2. The molecule has 4 atom stereocenters. The van der Waals surface area contributed by atoms with Crippen LogP contribution in [0.2, 0.25) is 0 Å². The van der Waals surface area contributed by atoms with E-state index < -0.39 is 11.9 Å². The molecule has 2 aromatic carbocycles. The molecule has 65 heavy (non-hydrogen) atoms. The first-order valence-corrected chi connectivity index (χ1v) is 25.1. The maximum absolute atomic E-state index is 11.7. The average molecular weight is 1030 g/mol. The summed E-state index contributed by atoms with van der Waals surface area (Å²) < 4.78 is 23.8. The van der Waals surface area contributed by atoms with Gasteiger partial charge in [-0.2, -0.15) is 0 Å². The molecule has 0 aliphatic rings. The number of carboxylic acids is 2. The van der Waals surface area contributed by atoms with Crippen LogP contribution in [0.3, 0.4) is 0 Å². The van der Waals surface area contributed by atoms with Gasteiger partial charge in [-0.05, 0) is 75.3 Å². The molecule has 4 unspecified atom stereocenters. The van der Waals surface area contributed by atoms with Gasteiger partial charge in [0.05, 0.1) is 25.4 Å². The van der Waals surface area contributed by atoms with Crippen LogP contribution in [0.4, 0.5) is 0 Å². The second-order valence-electron chi connectivity index (χ2n) is 17.4. The molecule has 0 aliphatic heterocycles. The molecule has 2 aromatic rings.